The molecule has 7 nitrogen and oxygen atoms in total. The highest BCUT2D eigenvalue weighted by Crippen LogP contribution is 2.07. The first-order valence-corrected chi connectivity index (χ1v) is 10.1. The molecular formula is C21H37IN4O3. The van der Waals surface area contributed by atoms with Gasteiger partial charge in [-0.15, -0.1) is 24.0 Å². The molecule has 166 valence electrons. The molecule has 0 heterocycles. The van der Waals surface area contributed by atoms with Gasteiger partial charge in [0.2, 0.25) is 0 Å². The van der Waals surface area contributed by atoms with E-state index in [2.05, 4.69) is 22.5 Å². The number of nitrogens with zero attached hydrogens (tertiary/aromatic N) is 2. The molecule has 0 atom stereocenters. The molecule has 2 N–H and O–H groups in total. The number of amides is 1. The fourth-order valence-corrected chi connectivity index (χ4v) is 2.33. The Kier molecular flexibility index (Phi) is 16.6. The van der Waals surface area contributed by atoms with E-state index in [1.807, 2.05) is 31.2 Å². The van der Waals surface area contributed by atoms with Gasteiger partial charge < -0.3 is 25.0 Å². The van der Waals surface area contributed by atoms with Crippen LogP contribution in [0.25, 0.3) is 0 Å². The van der Waals surface area contributed by atoms with Gasteiger partial charge in [0.25, 0.3) is 5.91 Å². The number of nitrogens with one attached hydrogen (secondary N) is 2. The zero-order valence-corrected chi connectivity index (χ0v) is 20.5. The standard InChI is InChI=1S/C21H36N4O3.HI/c1-5-7-13-27-15-16-28-14-12-23-21(22-6-2)24-17-18-8-10-19(11-9-18)20(26)25(3)4;/h8-11H,5-7,12-17H2,1-4H3,(H2,22,23,24);1H. The number of hydrogen-bond acceptors (Lipinski definition) is 4. The Labute approximate surface area is 192 Å². The van der Waals surface area contributed by atoms with Crippen molar-refractivity contribution in [2.75, 3.05) is 53.6 Å². The number of carbonyl (C=O) groups is 1. The first-order valence-electron chi connectivity index (χ1n) is 10.1. The summed E-state index contributed by atoms with van der Waals surface area (Å²) in [5.74, 6) is 0.750. The largest absolute Gasteiger partial charge is 0.379 e. The number of benzene rings is 1. The molecule has 0 saturated carbocycles. The third-order valence-electron chi connectivity index (χ3n) is 3.92. The molecule has 0 spiro atoms. The fourth-order valence-electron chi connectivity index (χ4n) is 2.33. The first-order chi connectivity index (χ1) is 13.6. The maximum absolute atomic E-state index is 11.9. The molecule has 1 aromatic rings. The third-order valence-corrected chi connectivity index (χ3v) is 3.92. The van der Waals surface area contributed by atoms with E-state index in [-0.39, 0.29) is 29.9 Å². The highest BCUT2D eigenvalue weighted by Gasteiger charge is 2.07. The van der Waals surface area contributed by atoms with Crippen molar-refractivity contribution in [3.05, 3.63) is 35.4 Å². The number of ether oxygens (including phenoxy) is 2. The number of guanidine groups is 1. The molecule has 0 radical (unpaired) electrons. The van der Waals surface area contributed by atoms with Gasteiger partial charge in [0, 0.05) is 39.4 Å². The van der Waals surface area contributed by atoms with Crippen LogP contribution in [0.4, 0.5) is 0 Å². The summed E-state index contributed by atoms with van der Waals surface area (Å²) in [5, 5.41) is 6.48. The Morgan fingerprint density at radius 1 is 1.00 bits per heavy atom. The molecule has 8 heteroatoms. The van der Waals surface area contributed by atoms with E-state index in [0.29, 0.717) is 38.5 Å². The minimum Gasteiger partial charge on any atom is -0.379 e. The topological polar surface area (TPSA) is 75.2 Å². The van der Waals surface area contributed by atoms with E-state index in [1.165, 1.54) is 0 Å². The smallest absolute Gasteiger partial charge is 0.253 e. The zero-order chi connectivity index (χ0) is 20.6. The molecular weight excluding hydrogens is 483 g/mol. The van der Waals surface area contributed by atoms with Crippen LogP contribution in [0, 0.1) is 0 Å². The van der Waals surface area contributed by atoms with Gasteiger partial charge in [0.1, 0.15) is 0 Å². The van der Waals surface area contributed by atoms with Crippen LogP contribution in [-0.4, -0.2) is 70.4 Å². The zero-order valence-electron chi connectivity index (χ0n) is 18.2. The predicted molar refractivity (Wildman–Crippen MR) is 129 cm³/mol. The lowest BCUT2D eigenvalue weighted by molar-refractivity contribution is 0.0487. The van der Waals surface area contributed by atoms with E-state index >= 15 is 0 Å². The molecule has 0 saturated heterocycles. The maximum Gasteiger partial charge on any atom is 0.253 e. The van der Waals surface area contributed by atoms with Gasteiger partial charge in [0.05, 0.1) is 26.4 Å². The van der Waals surface area contributed by atoms with Gasteiger partial charge in [-0.3, -0.25) is 4.79 Å². The molecule has 1 aromatic carbocycles. The summed E-state index contributed by atoms with van der Waals surface area (Å²) < 4.78 is 11.0. The van der Waals surface area contributed by atoms with Gasteiger partial charge in [-0.05, 0) is 31.0 Å². The summed E-state index contributed by atoms with van der Waals surface area (Å²) in [5.41, 5.74) is 1.73. The summed E-state index contributed by atoms with van der Waals surface area (Å²) in [6, 6.07) is 7.55. The van der Waals surface area contributed by atoms with Crippen LogP contribution < -0.4 is 10.6 Å². The lowest BCUT2D eigenvalue weighted by atomic mass is 10.1. The van der Waals surface area contributed by atoms with Crippen LogP contribution in [0.1, 0.15) is 42.6 Å². The van der Waals surface area contributed by atoms with Crippen LogP contribution in [0.3, 0.4) is 0 Å². The number of aliphatic imine (C=N–C) groups is 1. The molecule has 1 amide bonds. The Morgan fingerprint density at radius 3 is 2.24 bits per heavy atom. The Morgan fingerprint density at radius 2 is 1.66 bits per heavy atom. The van der Waals surface area contributed by atoms with Crippen LogP contribution in [0.2, 0.25) is 0 Å². The van der Waals surface area contributed by atoms with Crippen molar-refractivity contribution >= 4 is 35.8 Å². The monoisotopic (exact) mass is 520 g/mol. The molecule has 0 aliphatic carbocycles. The Bertz CT molecular complexity index is 580. The summed E-state index contributed by atoms with van der Waals surface area (Å²) >= 11 is 0. The van der Waals surface area contributed by atoms with Crippen LogP contribution in [0.5, 0.6) is 0 Å². The molecule has 0 aromatic heterocycles. The summed E-state index contributed by atoms with van der Waals surface area (Å²) in [4.78, 5) is 18.1. The van der Waals surface area contributed by atoms with Crippen LogP contribution in [0.15, 0.2) is 29.3 Å². The molecule has 0 aliphatic rings. The second-order valence-electron chi connectivity index (χ2n) is 6.60. The number of rotatable bonds is 13. The lowest BCUT2D eigenvalue weighted by Gasteiger charge is -2.12. The quantitative estimate of drug-likeness (QED) is 0.181. The SMILES string of the molecule is CCCCOCCOCCNC(=NCc1ccc(C(=O)N(C)C)cc1)NCC.I. The predicted octanol–water partition coefficient (Wildman–Crippen LogP) is 2.89. The number of carbonyl (C=O) groups excluding carboxylic acids is 1. The van der Waals surface area contributed by atoms with E-state index in [1.54, 1.807) is 19.0 Å². The van der Waals surface area contributed by atoms with Crippen molar-refractivity contribution in [3.63, 3.8) is 0 Å². The van der Waals surface area contributed by atoms with E-state index in [0.717, 1.165) is 37.5 Å². The average molecular weight is 520 g/mol. The molecule has 0 fully saturated rings. The van der Waals surface area contributed by atoms with Crippen molar-refractivity contribution in [1.82, 2.24) is 15.5 Å². The van der Waals surface area contributed by atoms with Crippen LogP contribution >= 0.6 is 24.0 Å². The lowest BCUT2D eigenvalue weighted by Crippen LogP contribution is -2.39. The molecule has 0 aliphatic heterocycles. The number of halogens is 1. The van der Waals surface area contributed by atoms with Gasteiger partial charge in [-0.25, -0.2) is 4.99 Å². The van der Waals surface area contributed by atoms with Crippen LogP contribution in [-0.2, 0) is 16.0 Å². The third kappa shape index (κ3) is 12.7. The van der Waals surface area contributed by atoms with Gasteiger partial charge in [-0.2, -0.15) is 0 Å². The highest BCUT2D eigenvalue weighted by molar-refractivity contribution is 14.0. The van der Waals surface area contributed by atoms with Gasteiger partial charge >= 0.3 is 0 Å². The Hall–Kier alpha value is -1.39. The van der Waals surface area contributed by atoms with Gasteiger partial charge in [-0.1, -0.05) is 25.5 Å². The summed E-state index contributed by atoms with van der Waals surface area (Å²) in [6.45, 7) is 8.84. The minimum absolute atomic E-state index is 0. The average Bonchev–Trinajstić information content (AvgIpc) is 2.70. The Balaban J connectivity index is 0.00000784. The minimum atomic E-state index is 0. The number of hydrogen-bond donors (Lipinski definition) is 2. The summed E-state index contributed by atoms with van der Waals surface area (Å²) in [7, 11) is 3.50. The molecule has 1 rings (SSSR count). The van der Waals surface area contributed by atoms with E-state index in [4.69, 9.17) is 9.47 Å². The number of unbranched alkanes of at least 4 members (excludes halogenated alkanes) is 1. The van der Waals surface area contributed by atoms with Crippen molar-refractivity contribution < 1.29 is 14.3 Å². The molecule has 0 unspecified atom stereocenters. The van der Waals surface area contributed by atoms with Gasteiger partial charge in [0.15, 0.2) is 5.96 Å². The maximum atomic E-state index is 11.9. The second-order valence-corrected chi connectivity index (χ2v) is 6.60. The van der Waals surface area contributed by atoms with Crippen molar-refractivity contribution in [1.29, 1.82) is 0 Å². The highest BCUT2D eigenvalue weighted by atomic mass is 127. The molecule has 29 heavy (non-hydrogen) atoms. The van der Waals surface area contributed by atoms with E-state index < -0.39 is 0 Å². The summed E-state index contributed by atoms with van der Waals surface area (Å²) in [6.07, 6.45) is 2.24. The van der Waals surface area contributed by atoms with Crippen molar-refractivity contribution in [3.8, 4) is 0 Å². The van der Waals surface area contributed by atoms with Crippen molar-refractivity contribution in [2.45, 2.75) is 33.2 Å². The second kappa shape index (κ2) is 17.5. The molecule has 0 bridgehead atoms. The first kappa shape index (κ1) is 27.6. The van der Waals surface area contributed by atoms with E-state index in [9.17, 15) is 4.79 Å². The normalized spacial score (nSPS) is 11.0. The fraction of sp³-hybridized carbons (Fsp3) is 0.619. The van der Waals surface area contributed by atoms with Crippen molar-refractivity contribution in [2.24, 2.45) is 4.99 Å².